The fourth-order valence-corrected chi connectivity index (χ4v) is 3.36. The normalized spacial score (nSPS) is 15.0. The average molecular weight is 384 g/mol. The second-order valence-electron chi connectivity index (χ2n) is 6.60. The minimum absolute atomic E-state index is 0.141. The first kappa shape index (κ1) is 18.2. The van der Waals surface area contributed by atoms with Crippen molar-refractivity contribution >= 4 is 40.3 Å². The molecule has 2 heterocycles. The molecule has 0 spiro atoms. The fourth-order valence-electron chi connectivity index (χ4n) is 3.36. The van der Waals surface area contributed by atoms with E-state index < -0.39 is 5.97 Å². The number of carbonyl (C=O) groups excluding carboxylic acids is 1. The summed E-state index contributed by atoms with van der Waals surface area (Å²) < 4.78 is 1.84. The van der Waals surface area contributed by atoms with Gasteiger partial charge in [0.25, 0.3) is 5.91 Å². The van der Waals surface area contributed by atoms with E-state index in [1.165, 1.54) is 17.1 Å². The number of hydrogen-bond acceptors (Lipinski definition) is 4. The molecule has 3 aromatic rings. The van der Waals surface area contributed by atoms with Gasteiger partial charge in [0.2, 0.25) is 0 Å². The number of carboxylic acid groups (broad SMARTS) is 1. The van der Waals surface area contributed by atoms with Gasteiger partial charge >= 0.3 is 5.97 Å². The Morgan fingerprint density at radius 3 is 2.62 bits per heavy atom. The van der Waals surface area contributed by atoms with Crippen molar-refractivity contribution < 1.29 is 14.7 Å². The van der Waals surface area contributed by atoms with Crippen LogP contribution in [-0.4, -0.2) is 27.3 Å². The number of hydrogen-bond donors (Lipinski definition) is 1. The molecule has 0 fully saturated rings. The first-order chi connectivity index (χ1) is 14.0. The Labute approximate surface area is 166 Å². The molecule has 1 aromatic heterocycles. The summed E-state index contributed by atoms with van der Waals surface area (Å²) in [5.41, 5.74) is 3.40. The van der Waals surface area contributed by atoms with E-state index >= 15 is 0 Å². The molecular formula is C22H16N4O3. The smallest absolute Gasteiger partial charge is 0.335 e. The van der Waals surface area contributed by atoms with Crippen molar-refractivity contribution in [2.75, 3.05) is 5.01 Å². The third-order valence-electron chi connectivity index (χ3n) is 4.78. The van der Waals surface area contributed by atoms with E-state index in [0.717, 1.165) is 16.5 Å². The van der Waals surface area contributed by atoms with Gasteiger partial charge in [0.1, 0.15) is 6.54 Å². The monoisotopic (exact) mass is 384 g/mol. The molecular weight excluding hydrogens is 368 g/mol. The Bertz CT molecular complexity index is 1240. The van der Waals surface area contributed by atoms with Crippen molar-refractivity contribution in [3.8, 4) is 6.07 Å². The molecule has 142 valence electrons. The van der Waals surface area contributed by atoms with Crippen molar-refractivity contribution in [1.82, 2.24) is 4.57 Å². The maximum atomic E-state index is 13.0. The molecule has 2 aromatic carbocycles. The second kappa shape index (κ2) is 7.09. The van der Waals surface area contributed by atoms with E-state index in [-0.39, 0.29) is 18.0 Å². The van der Waals surface area contributed by atoms with Crippen LogP contribution in [0.5, 0.6) is 0 Å². The summed E-state index contributed by atoms with van der Waals surface area (Å²) in [6, 6.07) is 15.8. The molecule has 0 radical (unpaired) electrons. The zero-order valence-corrected chi connectivity index (χ0v) is 15.5. The maximum absolute atomic E-state index is 13.0. The van der Waals surface area contributed by atoms with Crippen LogP contribution in [-0.2, 0) is 11.3 Å². The van der Waals surface area contributed by atoms with Crippen molar-refractivity contribution in [2.45, 2.75) is 13.5 Å². The molecule has 7 nitrogen and oxygen atoms in total. The fraction of sp³-hybridized carbons (Fsp3) is 0.0909. The summed E-state index contributed by atoms with van der Waals surface area (Å²) in [5, 5.41) is 24.6. The van der Waals surface area contributed by atoms with Crippen LogP contribution in [0.2, 0.25) is 0 Å². The number of aromatic carboxylic acids is 1. The van der Waals surface area contributed by atoms with Crippen molar-refractivity contribution in [1.29, 1.82) is 5.26 Å². The summed E-state index contributed by atoms with van der Waals surface area (Å²) >= 11 is 0. The van der Waals surface area contributed by atoms with Gasteiger partial charge in [-0.1, -0.05) is 18.2 Å². The van der Waals surface area contributed by atoms with E-state index in [1.54, 1.807) is 25.1 Å². The highest BCUT2D eigenvalue weighted by atomic mass is 16.4. The number of hydrazone groups is 1. The molecule has 1 amide bonds. The molecule has 0 unspecified atom stereocenters. The molecule has 1 aliphatic rings. The number of fused-ring (bicyclic) bond motifs is 1. The van der Waals surface area contributed by atoms with Gasteiger partial charge in [-0.15, -0.1) is 0 Å². The quantitative estimate of drug-likeness (QED) is 0.694. The Kier molecular flexibility index (Phi) is 4.45. The number of benzene rings is 2. The lowest BCUT2D eigenvalue weighted by molar-refractivity contribution is -0.114. The highest BCUT2D eigenvalue weighted by Crippen LogP contribution is 2.28. The van der Waals surface area contributed by atoms with Crippen LogP contribution in [0.4, 0.5) is 5.69 Å². The summed E-state index contributed by atoms with van der Waals surface area (Å²) in [5.74, 6) is -1.32. The molecule has 0 bridgehead atoms. The van der Waals surface area contributed by atoms with Gasteiger partial charge in [-0.05, 0) is 43.3 Å². The third-order valence-corrected chi connectivity index (χ3v) is 4.78. The van der Waals surface area contributed by atoms with Gasteiger partial charge < -0.3 is 9.67 Å². The molecule has 7 heteroatoms. The summed E-state index contributed by atoms with van der Waals surface area (Å²) in [4.78, 5) is 24.0. The Balaban J connectivity index is 1.72. The minimum atomic E-state index is -1.03. The number of nitriles is 1. The lowest BCUT2D eigenvalue weighted by atomic mass is 10.1. The predicted octanol–water partition coefficient (Wildman–Crippen LogP) is 3.67. The standard InChI is InChI=1S/C22H16N4O3/c1-14-19(12-16-13-25(11-10-23)20-5-3-2-4-18(16)20)21(27)26(24-14)17-8-6-15(7-9-17)22(28)29/h2-9,12-13H,11H2,1H3,(H,28,29)/b19-12-. The van der Waals surface area contributed by atoms with Gasteiger partial charge in [-0.25, -0.2) is 4.79 Å². The second-order valence-corrected chi connectivity index (χ2v) is 6.60. The van der Waals surface area contributed by atoms with Gasteiger partial charge in [-0.2, -0.15) is 15.4 Å². The topological polar surface area (TPSA) is 98.7 Å². The number of carboxylic acids is 1. The molecule has 0 saturated carbocycles. The Morgan fingerprint density at radius 1 is 1.21 bits per heavy atom. The Morgan fingerprint density at radius 2 is 1.93 bits per heavy atom. The molecule has 4 rings (SSSR count). The molecule has 1 N–H and O–H groups in total. The maximum Gasteiger partial charge on any atom is 0.335 e. The van der Waals surface area contributed by atoms with Crippen molar-refractivity contribution in [3.63, 3.8) is 0 Å². The number of rotatable bonds is 4. The number of carbonyl (C=O) groups is 2. The van der Waals surface area contributed by atoms with Crippen molar-refractivity contribution in [3.05, 3.63) is 71.4 Å². The molecule has 0 saturated heterocycles. The predicted molar refractivity (Wildman–Crippen MR) is 110 cm³/mol. The third kappa shape index (κ3) is 3.17. The number of anilines is 1. The minimum Gasteiger partial charge on any atom is -0.478 e. The van der Waals surface area contributed by atoms with Gasteiger partial charge in [0.05, 0.1) is 28.6 Å². The zero-order chi connectivity index (χ0) is 20.5. The Hall–Kier alpha value is -4.18. The van der Waals surface area contributed by atoms with Crippen LogP contribution < -0.4 is 5.01 Å². The van der Waals surface area contributed by atoms with Gasteiger partial charge in [0.15, 0.2) is 0 Å². The van der Waals surface area contributed by atoms with Crippen LogP contribution in [0.25, 0.3) is 17.0 Å². The van der Waals surface area contributed by atoms with Crippen LogP contribution in [0, 0.1) is 11.3 Å². The van der Waals surface area contributed by atoms with E-state index in [0.29, 0.717) is 17.0 Å². The molecule has 29 heavy (non-hydrogen) atoms. The van der Waals surface area contributed by atoms with Crippen molar-refractivity contribution in [2.24, 2.45) is 5.10 Å². The first-order valence-electron chi connectivity index (χ1n) is 8.89. The van der Waals surface area contributed by atoms with E-state index in [9.17, 15) is 9.59 Å². The molecule has 0 atom stereocenters. The molecule has 1 aliphatic heterocycles. The van der Waals surface area contributed by atoms with E-state index in [2.05, 4.69) is 11.2 Å². The van der Waals surface area contributed by atoms with Crippen LogP contribution >= 0.6 is 0 Å². The SMILES string of the molecule is CC1=NN(c2ccc(C(=O)O)cc2)C(=O)/C1=C\c1cn(CC#N)c2ccccc12. The van der Waals surface area contributed by atoms with Crippen LogP contribution in [0.3, 0.4) is 0 Å². The summed E-state index contributed by atoms with van der Waals surface area (Å²) in [7, 11) is 0. The average Bonchev–Trinajstić information content (AvgIpc) is 3.21. The number of para-hydroxylation sites is 1. The van der Waals surface area contributed by atoms with E-state index in [1.807, 2.05) is 35.0 Å². The van der Waals surface area contributed by atoms with Gasteiger partial charge in [-0.3, -0.25) is 4.79 Å². The highest BCUT2D eigenvalue weighted by Gasteiger charge is 2.29. The summed E-state index contributed by atoms with van der Waals surface area (Å²) in [6.45, 7) is 1.97. The number of amides is 1. The van der Waals surface area contributed by atoms with E-state index in [4.69, 9.17) is 10.4 Å². The van der Waals surface area contributed by atoms with Crippen LogP contribution in [0.15, 0.2) is 65.4 Å². The molecule has 0 aliphatic carbocycles. The largest absolute Gasteiger partial charge is 0.478 e. The van der Waals surface area contributed by atoms with Gasteiger partial charge in [0, 0.05) is 22.7 Å². The lowest BCUT2D eigenvalue weighted by Crippen LogP contribution is -2.21. The highest BCUT2D eigenvalue weighted by molar-refractivity contribution is 6.32. The zero-order valence-electron chi connectivity index (χ0n) is 15.5. The summed E-state index contributed by atoms with van der Waals surface area (Å²) in [6.07, 6.45) is 3.63. The number of nitrogens with zero attached hydrogens (tertiary/aromatic N) is 4. The first-order valence-corrected chi connectivity index (χ1v) is 8.89. The van der Waals surface area contributed by atoms with Crippen LogP contribution in [0.1, 0.15) is 22.8 Å². The lowest BCUT2D eigenvalue weighted by Gasteiger charge is -2.11. The number of aromatic nitrogens is 1.